The van der Waals surface area contributed by atoms with Crippen molar-refractivity contribution < 1.29 is 0 Å². The van der Waals surface area contributed by atoms with E-state index in [0.29, 0.717) is 0 Å². The van der Waals surface area contributed by atoms with Crippen LogP contribution in [0.2, 0.25) is 0 Å². The molecule has 1 heterocycles. The smallest absolute Gasteiger partial charge is 0.148 e. The van der Waals surface area contributed by atoms with E-state index in [2.05, 4.69) is 23.2 Å². The first-order valence-corrected chi connectivity index (χ1v) is 1.84. The molecule has 0 saturated heterocycles. The van der Waals surface area contributed by atoms with Gasteiger partial charge in [-0.2, -0.15) is 10.2 Å². The van der Waals surface area contributed by atoms with E-state index >= 15 is 0 Å². The number of nitrogens with zero attached hydrogens (tertiary/aromatic N) is 2. The molecule has 0 aliphatic carbocycles. The van der Waals surface area contributed by atoms with Gasteiger partial charge in [0.25, 0.3) is 0 Å². The molecule has 0 aromatic heterocycles. The molecule has 0 aromatic rings. The van der Waals surface area contributed by atoms with E-state index < -0.39 is 0 Å². The van der Waals surface area contributed by atoms with Gasteiger partial charge >= 0.3 is 0 Å². The van der Waals surface area contributed by atoms with E-state index in [1.54, 1.807) is 0 Å². The maximum absolute atomic E-state index is 3.63. The average Bonchev–Trinajstić information content (AvgIpc) is 1.72. The maximum Gasteiger partial charge on any atom is 0.148 e. The second-order valence-corrected chi connectivity index (χ2v) is 1.00. The second-order valence-electron chi connectivity index (χ2n) is 1.00. The fourth-order valence-corrected chi connectivity index (χ4v) is 0.283. The lowest BCUT2D eigenvalue weighted by Gasteiger charge is -1.93. The van der Waals surface area contributed by atoms with Crippen molar-refractivity contribution >= 4 is 0 Å². The molecule has 0 atom stereocenters. The molecule has 0 fully saturated rings. The van der Waals surface area contributed by atoms with Crippen molar-refractivity contribution in [2.24, 2.45) is 10.2 Å². The Morgan fingerprint density at radius 3 is 2.67 bits per heavy atom. The molecule has 0 N–H and O–H groups in total. The lowest BCUT2D eigenvalue weighted by atomic mass is 10.3. The molecule has 1 aliphatic rings. The predicted molar refractivity (Wildman–Crippen MR) is 20.8 cm³/mol. The zero-order chi connectivity index (χ0) is 4.24. The Morgan fingerprint density at radius 1 is 1.50 bits per heavy atom. The molecule has 2 nitrogen and oxygen atoms in total. The summed E-state index contributed by atoms with van der Waals surface area (Å²) in [6.45, 7) is 3.28. The van der Waals surface area contributed by atoms with Gasteiger partial charge in [-0.15, -0.1) is 0 Å². The molecular weight excluding hydrogens is 76.1 g/mol. The molecule has 2 heteroatoms. The summed E-state index contributed by atoms with van der Waals surface area (Å²) in [5.74, 6) is 0. The van der Waals surface area contributed by atoms with Crippen molar-refractivity contribution in [2.45, 2.75) is 6.42 Å². The number of hydrogen-bond donors (Lipinski definition) is 0. The second kappa shape index (κ2) is 1.90. The first kappa shape index (κ1) is 3.78. The quantitative estimate of drug-likeness (QED) is 0.414. The summed E-state index contributed by atoms with van der Waals surface area (Å²) in [4.78, 5) is 0. The van der Waals surface area contributed by atoms with E-state index in [9.17, 15) is 0 Å². The van der Waals surface area contributed by atoms with Crippen molar-refractivity contribution in [1.29, 1.82) is 0 Å². The Bertz CT molecular complexity index is 50.6. The standard InChI is InChI=1S/C4H4N2/c1-2-4-6-5-3-1/h1,3H2. The summed E-state index contributed by atoms with van der Waals surface area (Å²) >= 11 is 0. The van der Waals surface area contributed by atoms with Crippen LogP contribution in [0.5, 0.6) is 0 Å². The van der Waals surface area contributed by atoms with E-state index in [4.69, 9.17) is 0 Å². The molecule has 0 bridgehead atoms. The van der Waals surface area contributed by atoms with Gasteiger partial charge in [-0.3, -0.25) is 0 Å². The lowest BCUT2D eigenvalue weighted by Crippen LogP contribution is -1.86. The van der Waals surface area contributed by atoms with Crippen LogP contribution in [0.3, 0.4) is 0 Å². The Kier molecular flexibility index (Phi) is 1.20. The zero-order valence-electron chi connectivity index (χ0n) is 3.31. The van der Waals surface area contributed by atoms with Crippen molar-refractivity contribution in [3.05, 3.63) is 13.0 Å². The zero-order valence-corrected chi connectivity index (χ0v) is 3.31. The molecular formula is C4H4N2. The van der Waals surface area contributed by atoms with Gasteiger partial charge in [0.1, 0.15) is 6.54 Å². The van der Waals surface area contributed by atoms with Crippen molar-refractivity contribution in [3.8, 4) is 0 Å². The Hall–Kier alpha value is -0.400. The normalized spacial score (nSPS) is 21.3. The number of azo groups is 1. The SMILES string of the molecule is [C]1[C]N=NCC1. The van der Waals surface area contributed by atoms with Crippen LogP contribution < -0.4 is 0 Å². The van der Waals surface area contributed by atoms with Gasteiger partial charge in [0.05, 0.1) is 6.54 Å². The van der Waals surface area contributed by atoms with Gasteiger partial charge in [0.15, 0.2) is 0 Å². The van der Waals surface area contributed by atoms with Crippen molar-refractivity contribution in [2.75, 3.05) is 6.54 Å². The highest BCUT2D eigenvalue weighted by atomic mass is 15.1. The van der Waals surface area contributed by atoms with Crippen LogP contribution in [0.4, 0.5) is 0 Å². The monoisotopic (exact) mass is 80.0 g/mol. The summed E-state index contributed by atoms with van der Waals surface area (Å²) in [7, 11) is 0. The van der Waals surface area contributed by atoms with Crippen LogP contribution >= 0.6 is 0 Å². The van der Waals surface area contributed by atoms with E-state index in [1.165, 1.54) is 0 Å². The molecule has 1 rings (SSSR count). The van der Waals surface area contributed by atoms with Gasteiger partial charge in [0.2, 0.25) is 0 Å². The van der Waals surface area contributed by atoms with Gasteiger partial charge < -0.3 is 0 Å². The summed E-state index contributed by atoms with van der Waals surface area (Å²) in [5.41, 5.74) is 0. The lowest BCUT2D eigenvalue weighted by molar-refractivity contribution is 0.815. The van der Waals surface area contributed by atoms with Crippen molar-refractivity contribution in [1.82, 2.24) is 0 Å². The van der Waals surface area contributed by atoms with Gasteiger partial charge in [-0.1, -0.05) is 0 Å². The van der Waals surface area contributed by atoms with Crippen LogP contribution in [0, 0.1) is 13.0 Å². The minimum absolute atomic E-state index is 0.785. The fourth-order valence-electron chi connectivity index (χ4n) is 0.283. The van der Waals surface area contributed by atoms with Crippen LogP contribution in [0.15, 0.2) is 10.2 Å². The molecule has 0 unspecified atom stereocenters. The Labute approximate surface area is 37.3 Å². The van der Waals surface area contributed by atoms with E-state index in [0.717, 1.165) is 13.0 Å². The summed E-state index contributed by atoms with van der Waals surface area (Å²) in [6, 6.07) is 0. The van der Waals surface area contributed by atoms with Crippen LogP contribution in [-0.2, 0) is 0 Å². The number of hydrogen-bond acceptors (Lipinski definition) is 2. The first-order valence-electron chi connectivity index (χ1n) is 1.84. The molecule has 0 saturated carbocycles. The number of rotatable bonds is 0. The van der Waals surface area contributed by atoms with Crippen LogP contribution in [-0.4, -0.2) is 6.54 Å². The first-order chi connectivity index (χ1) is 3.00. The third-order valence-corrected chi connectivity index (χ3v) is 0.537. The summed E-state index contributed by atoms with van der Waals surface area (Å²) < 4.78 is 0. The highest BCUT2D eigenvalue weighted by Gasteiger charge is 1.92. The molecule has 0 aromatic carbocycles. The highest BCUT2D eigenvalue weighted by Crippen LogP contribution is 2.00. The highest BCUT2D eigenvalue weighted by molar-refractivity contribution is 4.83. The molecule has 6 heavy (non-hydrogen) atoms. The van der Waals surface area contributed by atoms with Gasteiger partial charge in [-0.05, 0) is 6.42 Å². The minimum atomic E-state index is 0.785. The Morgan fingerprint density at radius 2 is 2.50 bits per heavy atom. The Balaban J connectivity index is 2.26. The van der Waals surface area contributed by atoms with Gasteiger partial charge in [0, 0.05) is 6.42 Å². The molecule has 0 amide bonds. The van der Waals surface area contributed by atoms with E-state index in [1.807, 2.05) is 0 Å². The predicted octanol–water partition coefficient (Wildman–Crippen LogP) is 0.962. The van der Waals surface area contributed by atoms with Gasteiger partial charge in [-0.25, -0.2) is 0 Å². The molecule has 0 spiro atoms. The van der Waals surface area contributed by atoms with E-state index in [-0.39, 0.29) is 0 Å². The largest absolute Gasteiger partial charge is 0.193 e. The maximum atomic E-state index is 3.63. The van der Waals surface area contributed by atoms with Crippen LogP contribution in [0.1, 0.15) is 6.42 Å². The third-order valence-electron chi connectivity index (χ3n) is 0.537. The molecule has 4 radical (unpaired) electrons. The average molecular weight is 80.1 g/mol. The summed E-state index contributed by atoms with van der Waals surface area (Å²) in [6.07, 6.45) is 3.65. The third kappa shape index (κ3) is 0.776. The van der Waals surface area contributed by atoms with Crippen LogP contribution in [0.25, 0.3) is 0 Å². The summed E-state index contributed by atoms with van der Waals surface area (Å²) in [5, 5.41) is 7.07. The topological polar surface area (TPSA) is 24.7 Å². The fraction of sp³-hybridized carbons (Fsp3) is 0.500. The minimum Gasteiger partial charge on any atom is -0.193 e. The van der Waals surface area contributed by atoms with Crippen molar-refractivity contribution in [3.63, 3.8) is 0 Å². The molecule has 30 valence electrons. The molecule has 1 aliphatic heterocycles.